The second-order valence-corrected chi connectivity index (χ2v) is 4.85. The van der Waals surface area contributed by atoms with Gasteiger partial charge in [-0.05, 0) is 43.9 Å². The number of para-hydroxylation sites is 1. The van der Waals surface area contributed by atoms with E-state index in [0.717, 1.165) is 25.3 Å². The fraction of sp³-hybridized carbons (Fsp3) is 0.625. The van der Waals surface area contributed by atoms with Crippen LogP contribution in [0.5, 0.6) is 5.75 Å². The average Bonchev–Trinajstić information content (AvgIpc) is 2.42. The number of ether oxygens (including phenoxy) is 1. The van der Waals surface area contributed by atoms with Gasteiger partial charge in [-0.3, -0.25) is 0 Å². The smallest absolute Gasteiger partial charge is 0.119 e. The SMILES string of the molecule is CCNC(CC)C(C)CCCOc1ccccc1. The molecule has 1 aromatic rings. The Kier molecular flexibility index (Phi) is 7.51. The Labute approximate surface area is 112 Å². The van der Waals surface area contributed by atoms with Gasteiger partial charge in [-0.25, -0.2) is 0 Å². The Hall–Kier alpha value is -1.02. The maximum absolute atomic E-state index is 5.71. The molecule has 0 spiro atoms. The molecule has 0 heterocycles. The van der Waals surface area contributed by atoms with Crippen molar-refractivity contribution < 1.29 is 4.74 Å². The first kappa shape index (κ1) is 15.0. The molecule has 2 nitrogen and oxygen atoms in total. The average molecular weight is 249 g/mol. The highest BCUT2D eigenvalue weighted by Crippen LogP contribution is 2.15. The first-order valence-electron chi connectivity index (χ1n) is 7.19. The van der Waals surface area contributed by atoms with Crippen LogP contribution in [0.15, 0.2) is 30.3 Å². The highest BCUT2D eigenvalue weighted by atomic mass is 16.5. The lowest BCUT2D eigenvalue weighted by Crippen LogP contribution is -2.34. The molecule has 0 aliphatic rings. The number of rotatable bonds is 9. The third-order valence-corrected chi connectivity index (χ3v) is 3.41. The fourth-order valence-corrected chi connectivity index (χ4v) is 2.32. The van der Waals surface area contributed by atoms with Crippen molar-refractivity contribution in [1.29, 1.82) is 0 Å². The number of hydrogen-bond donors (Lipinski definition) is 1. The second kappa shape index (κ2) is 8.98. The summed E-state index contributed by atoms with van der Waals surface area (Å²) in [5.41, 5.74) is 0. The van der Waals surface area contributed by atoms with Crippen LogP contribution in [-0.4, -0.2) is 19.2 Å². The van der Waals surface area contributed by atoms with Crippen LogP contribution in [0.2, 0.25) is 0 Å². The summed E-state index contributed by atoms with van der Waals surface area (Å²) in [6.45, 7) is 8.64. The van der Waals surface area contributed by atoms with Crippen molar-refractivity contribution in [3.05, 3.63) is 30.3 Å². The predicted molar refractivity (Wildman–Crippen MR) is 78.1 cm³/mol. The van der Waals surface area contributed by atoms with E-state index in [9.17, 15) is 0 Å². The van der Waals surface area contributed by atoms with Crippen molar-refractivity contribution in [2.24, 2.45) is 5.92 Å². The molecule has 0 amide bonds. The van der Waals surface area contributed by atoms with Gasteiger partial charge in [0.2, 0.25) is 0 Å². The minimum atomic E-state index is 0.645. The van der Waals surface area contributed by atoms with E-state index in [1.165, 1.54) is 12.8 Å². The van der Waals surface area contributed by atoms with Gasteiger partial charge in [-0.15, -0.1) is 0 Å². The Morgan fingerprint density at radius 3 is 2.50 bits per heavy atom. The summed E-state index contributed by atoms with van der Waals surface area (Å²) in [5, 5.41) is 3.55. The van der Waals surface area contributed by atoms with E-state index in [-0.39, 0.29) is 0 Å². The first-order valence-corrected chi connectivity index (χ1v) is 7.19. The summed E-state index contributed by atoms with van der Waals surface area (Å²) >= 11 is 0. The van der Waals surface area contributed by atoms with E-state index in [2.05, 4.69) is 26.1 Å². The highest BCUT2D eigenvalue weighted by molar-refractivity contribution is 5.20. The third-order valence-electron chi connectivity index (χ3n) is 3.41. The fourth-order valence-electron chi connectivity index (χ4n) is 2.32. The van der Waals surface area contributed by atoms with Gasteiger partial charge in [-0.1, -0.05) is 39.0 Å². The van der Waals surface area contributed by atoms with Gasteiger partial charge < -0.3 is 10.1 Å². The normalized spacial score (nSPS) is 14.2. The topological polar surface area (TPSA) is 21.3 Å². The molecule has 0 fully saturated rings. The molecule has 1 aromatic carbocycles. The van der Waals surface area contributed by atoms with E-state index in [4.69, 9.17) is 4.74 Å². The van der Waals surface area contributed by atoms with Crippen molar-refractivity contribution in [2.45, 2.75) is 46.1 Å². The molecule has 1 rings (SSSR count). The van der Waals surface area contributed by atoms with Gasteiger partial charge >= 0.3 is 0 Å². The van der Waals surface area contributed by atoms with E-state index in [1.54, 1.807) is 0 Å². The molecule has 0 saturated heterocycles. The van der Waals surface area contributed by atoms with Crippen LogP contribution >= 0.6 is 0 Å². The van der Waals surface area contributed by atoms with E-state index >= 15 is 0 Å². The molecule has 102 valence electrons. The van der Waals surface area contributed by atoms with E-state index in [1.807, 2.05) is 30.3 Å². The van der Waals surface area contributed by atoms with Crippen LogP contribution in [0.4, 0.5) is 0 Å². The van der Waals surface area contributed by atoms with Crippen LogP contribution in [0.3, 0.4) is 0 Å². The van der Waals surface area contributed by atoms with Gasteiger partial charge in [0, 0.05) is 6.04 Å². The van der Waals surface area contributed by atoms with E-state index in [0.29, 0.717) is 12.0 Å². The minimum Gasteiger partial charge on any atom is -0.494 e. The Balaban J connectivity index is 2.17. The maximum Gasteiger partial charge on any atom is 0.119 e. The zero-order chi connectivity index (χ0) is 13.2. The number of nitrogens with one attached hydrogen (secondary N) is 1. The summed E-state index contributed by atoms with van der Waals surface area (Å²) in [5.74, 6) is 1.69. The molecule has 1 N–H and O–H groups in total. The lowest BCUT2D eigenvalue weighted by Gasteiger charge is -2.23. The quantitative estimate of drug-likeness (QED) is 0.671. The third kappa shape index (κ3) is 5.54. The molecule has 2 atom stereocenters. The van der Waals surface area contributed by atoms with Crippen LogP contribution in [0.1, 0.15) is 40.0 Å². The molecule has 2 heteroatoms. The zero-order valence-electron chi connectivity index (χ0n) is 12.0. The lowest BCUT2D eigenvalue weighted by atomic mass is 9.95. The summed E-state index contributed by atoms with van der Waals surface area (Å²) in [4.78, 5) is 0. The van der Waals surface area contributed by atoms with Gasteiger partial charge in [-0.2, -0.15) is 0 Å². The largest absolute Gasteiger partial charge is 0.494 e. The molecular formula is C16H27NO. The summed E-state index contributed by atoms with van der Waals surface area (Å²) in [6, 6.07) is 10.7. The van der Waals surface area contributed by atoms with Crippen LogP contribution in [0.25, 0.3) is 0 Å². The van der Waals surface area contributed by atoms with Gasteiger partial charge in [0.15, 0.2) is 0 Å². The maximum atomic E-state index is 5.71. The molecule has 2 unspecified atom stereocenters. The second-order valence-electron chi connectivity index (χ2n) is 4.85. The van der Waals surface area contributed by atoms with Crippen molar-refractivity contribution in [2.75, 3.05) is 13.2 Å². The van der Waals surface area contributed by atoms with E-state index < -0.39 is 0 Å². The molecule has 0 bridgehead atoms. The minimum absolute atomic E-state index is 0.645. The van der Waals surface area contributed by atoms with Crippen LogP contribution in [-0.2, 0) is 0 Å². The summed E-state index contributed by atoms with van der Waals surface area (Å²) < 4.78 is 5.71. The highest BCUT2D eigenvalue weighted by Gasteiger charge is 2.13. The predicted octanol–water partition coefficient (Wildman–Crippen LogP) is 3.87. The summed E-state index contributed by atoms with van der Waals surface area (Å²) in [7, 11) is 0. The van der Waals surface area contributed by atoms with Crippen molar-refractivity contribution in [1.82, 2.24) is 5.32 Å². The molecule has 0 radical (unpaired) electrons. The molecule has 0 aliphatic carbocycles. The number of benzene rings is 1. The van der Waals surface area contributed by atoms with Gasteiger partial charge in [0.1, 0.15) is 5.75 Å². The molecular weight excluding hydrogens is 222 g/mol. The molecule has 0 aromatic heterocycles. The monoisotopic (exact) mass is 249 g/mol. The molecule has 0 aliphatic heterocycles. The standard InChI is InChI=1S/C16H27NO/c1-4-16(17-5-2)14(3)10-9-13-18-15-11-7-6-8-12-15/h6-8,11-12,14,16-17H,4-5,9-10,13H2,1-3H3. The van der Waals surface area contributed by atoms with Crippen molar-refractivity contribution in [3.8, 4) is 5.75 Å². The lowest BCUT2D eigenvalue weighted by molar-refractivity contribution is 0.275. The van der Waals surface area contributed by atoms with Crippen molar-refractivity contribution in [3.63, 3.8) is 0 Å². The van der Waals surface area contributed by atoms with Crippen LogP contribution in [0, 0.1) is 5.92 Å². The first-order chi connectivity index (χ1) is 8.77. The molecule has 0 saturated carbocycles. The number of hydrogen-bond acceptors (Lipinski definition) is 2. The Morgan fingerprint density at radius 2 is 1.89 bits per heavy atom. The zero-order valence-corrected chi connectivity index (χ0v) is 12.0. The summed E-state index contributed by atoms with van der Waals surface area (Å²) in [6.07, 6.45) is 3.55. The van der Waals surface area contributed by atoms with Crippen LogP contribution < -0.4 is 10.1 Å². The Bertz CT molecular complexity index is 299. The Morgan fingerprint density at radius 1 is 1.17 bits per heavy atom. The van der Waals surface area contributed by atoms with Crippen molar-refractivity contribution >= 4 is 0 Å². The van der Waals surface area contributed by atoms with Gasteiger partial charge in [0.05, 0.1) is 6.61 Å². The van der Waals surface area contributed by atoms with Gasteiger partial charge in [0.25, 0.3) is 0 Å². The molecule has 18 heavy (non-hydrogen) atoms.